The lowest BCUT2D eigenvalue weighted by molar-refractivity contribution is 0.0553. The molecule has 7 nitrogen and oxygen atoms in total. The van der Waals surface area contributed by atoms with Crippen LogP contribution in [0.25, 0.3) is 5.52 Å². The predicted octanol–water partition coefficient (Wildman–Crippen LogP) is -0.290. The Balaban J connectivity index is 2.86. The normalized spacial score (nSPS) is 10.3. The van der Waals surface area contributed by atoms with Crippen LogP contribution in [0.5, 0.6) is 5.88 Å². The number of nitrogens with zero attached hydrogens (tertiary/aromatic N) is 2. The van der Waals surface area contributed by atoms with Gasteiger partial charge in [0, 0.05) is 0 Å². The van der Waals surface area contributed by atoms with Crippen molar-refractivity contribution in [2.24, 2.45) is 0 Å². The first kappa shape index (κ1) is 13.9. The van der Waals surface area contributed by atoms with Crippen molar-refractivity contribution in [1.82, 2.24) is 9.61 Å². The molecule has 2 rings (SSSR count). The second-order valence-electron chi connectivity index (χ2n) is 3.83. The molecule has 0 aliphatic carbocycles. The van der Waals surface area contributed by atoms with Gasteiger partial charge in [0.2, 0.25) is 5.88 Å². The van der Waals surface area contributed by atoms with E-state index in [9.17, 15) is 9.59 Å². The van der Waals surface area contributed by atoms with Crippen LogP contribution in [0.15, 0.2) is 12.1 Å². The van der Waals surface area contributed by atoms with Crippen molar-refractivity contribution in [3.8, 4) is 5.88 Å². The van der Waals surface area contributed by atoms with Crippen LogP contribution in [-0.4, -0.2) is 50.7 Å². The van der Waals surface area contributed by atoms with E-state index in [2.05, 4.69) is 14.6 Å². The topological polar surface area (TPSA) is 79.1 Å². The summed E-state index contributed by atoms with van der Waals surface area (Å²) >= 11 is 0. The Kier molecular flexibility index (Phi) is 3.65. The maximum absolute atomic E-state index is 11.9. The number of carbonyl (C=O) groups is 2. The van der Waals surface area contributed by atoms with Crippen molar-refractivity contribution < 1.29 is 23.8 Å². The number of methoxy groups -OCH3 is 3. The lowest BCUT2D eigenvalue weighted by atomic mass is 9.96. The molecule has 2 radical (unpaired) electrons. The van der Waals surface area contributed by atoms with Crippen LogP contribution in [0, 0.1) is 0 Å². The Bertz CT molecular complexity index is 695. The molecule has 0 amide bonds. The fourth-order valence-corrected chi connectivity index (χ4v) is 1.82. The monoisotopic (exact) mass is 274 g/mol. The number of fused-ring (bicyclic) bond motifs is 1. The van der Waals surface area contributed by atoms with E-state index in [-0.39, 0.29) is 17.1 Å². The van der Waals surface area contributed by atoms with Crippen molar-refractivity contribution in [3.63, 3.8) is 0 Å². The zero-order valence-corrected chi connectivity index (χ0v) is 11.2. The smallest absolute Gasteiger partial charge is 0.359 e. The summed E-state index contributed by atoms with van der Waals surface area (Å²) < 4.78 is 15.7. The minimum atomic E-state index is -0.755. The van der Waals surface area contributed by atoms with E-state index < -0.39 is 11.9 Å². The molecule has 0 atom stereocenters. The number of rotatable bonds is 3. The van der Waals surface area contributed by atoms with E-state index in [1.807, 2.05) is 0 Å². The van der Waals surface area contributed by atoms with Gasteiger partial charge in [-0.3, -0.25) is 0 Å². The molecular formula is C12H11BN2O5. The number of hydrogen-bond acceptors (Lipinski definition) is 6. The van der Waals surface area contributed by atoms with Crippen LogP contribution in [-0.2, 0) is 9.47 Å². The largest absolute Gasteiger partial charge is 0.481 e. The molecule has 0 saturated carbocycles. The molecule has 8 heteroatoms. The third kappa shape index (κ3) is 2.09. The highest BCUT2D eigenvalue weighted by molar-refractivity contribution is 6.33. The highest BCUT2D eigenvalue weighted by atomic mass is 16.5. The summed E-state index contributed by atoms with van der Waals surface area (Å²) in [7, 11) is 9.56. The van der Waals surface area contributed by atoms with Gasteiger partial charge < -0.3 is 14.2 Å². The van der Waals surface area contributed by atoms with E-state index in [1.54, 1.807) is 0 Å². The van der Waals surface area contributed by atoms with Crippen molar-refractivity contribution >= 4 is 30.8 Å². The molecule has 2 heterocycles. The fraction of sp³-hybridized carbons (Fsp3) is 0.250. The molecule has 0 aromatic carbocycles. The molecule has 20 heavy (non-hydrogen) atoms. The number of hydrogen-bond donors (Lipinski definition) is 0. The average molecular weight is 274 g/mol. The first-order valence-electron chi connectivity index (χ1n) is 5.56. The summed E-state index contributed by atoms with van der Waals surface area (Å²) in [6.07, 6.45) is 0. The van der Waals surface area contributed by atoms with Crippen LogP contribution < -0.4 is 10.2 Å². The standard InChI is InChI=1S/C12H11BN2O5/c1-18-8-5-6(13)4-7-9(11(16)19-2)10(12(17)20-3)14-15(7)8/h4-5H,1-3H3. The number of esters is 2. The van der Waals surface area contributed by atoms with Crippen LogP contribution in [0.1, 0.15) is 20.8 Å². The van der Waals surface area contributed by atoms with Crippen molar-refractivity contribution in [3.05, 3.63) is 23.4 Å². The molecule has 2 aromatic rings. The maximum Gasteiger partial charge on any atom is 0.359 e. The number of carbonyl (C=O) groups excluding carboxylic acids is 2. The van der Waals surface area contributed by atoms with E-state index in [4.69, 9.17) is 12.6 Å². The van der Waals surface area contributed by atoms with Gasteiger partial charge in [-0.15, -0.1) is 0 Å². The van der Waals surface area contributed by atoms with Gasteiger partial charge in [-0.1, -0.05) is 5.46 Å². The van der Waals surface area contributed by atoms with Gasteiger partial charge in [0.05, 0.1) is 26.8 Å². The molecule has 0 unspecified atom stereocenters. The third-order valence-electron chi connectivity index (χ3n) is 2.70. The SMILES string of the molecule is [B]c1cc(OC)n2nc(C(=O)OC)c(C(=O)OC)c2c1. The molecule has 0 aliphatic heterocycles. The quantitative estimate of drug-likeness (QED) is 0.565. The summed E-state index contributed by atoms with van der Waals surface area (Å²) in [5.74, 6) is -1.19. The minimum absolute atomic E-state index is 0.0232. The van der Waals surface area contributed by atoms with Gasteiger partial charge >= 0.3 is 11.9 Å². The Morgan fingerprint density at radius 1 is 1.15 bits per heavy atom. The van der Waals surface area contributed by atoms with Crippen molar-refractivity contribution in [2.75, 3.05) is 21.3 Å². The van der Waals surface area contributed by atoms with Crippen LogP contribution in [0.4, 0.5) is 0 Å². The van der Waals surface area contributed by atoms with Crippen LogP contribution in [0.3, 0.4) is 0 Å². The summed E-state index contributed by atoms with van der Waals surface area (Å²) in [5, 5.41) is 4.03. The van der Waals surface area contributed by atoms with Gasteiger partial charge in [0.15, 0.2) is 5.69 Å². The van der Waals surface area contributed by atoms with E-state index in [0.717, 1.165) is 0 Å². The summed E-state index contributed by atoms with van der Waals surface area (Å²) in [5.41, 5.74) is 0.470. The summed E-state index contributed by atoms with van der Waals surface area (Å²) in [6, 6.07) is 3.01. The van der Waals surface area contributed by atoms with Crippen LogP contribution in [0.2, 0.25) is 0 Å². The van der Waals surface area contributed by atoms with Crippen LogP contribution >= 0.6 is 0 Å². The Morgan fingerprint density at radius 3 is 2.35 bits per heavy atom. The first-order chi connectivity index (χ1) is 9.53. The Hall–Kier alpha value is -2.51. The molecule has 102 valence electrons. The lowest BCUT2D eigenvalue weighted by Gasteiger charge is -2.05. The maximum atomic E-state index is 11.9. The first-order valence-corrected chi connectivity index (χ1v) is 5.56. The fourth-order valence-electron chi connectivity index (χ4n) is 1.82. The number of ether oxygens (including phenoxy) is 3. The molecule has 0 spiro atoms. The molecule has 0 N–H and O–H groups in total. The van der Waals surface area contributed by atoms with Crippen molar-refractivity contribution in [1.29, 1.82) is 0 Å². The van der Waals surface area contributed by atoms with E-state index in [1.165, 1.54) is 38.0 Å². The Morgan fingerprint density at radius 2 is 1.80 bits per heavy atom. The molecular weight excluding hydrogens is 263 g/mol. The van der Waals surface area contributed by atoms with Crippen molar-refractivity contribution in [2.45, 2.75) is 0 Å². The summed E-state index contributed by atoms with van der Waals surface area (Å²) in [4.78, 5) is 23.6. The Labute approximate surface area is 115 Å². The highest BCUT2D eigenvalue weighted by Crippen LogP contribution is 2.21. The number of aromatic nitrogens is 2. The predicted molar refractivity (Wildman–Crippen MR) is 69.8 cm³/mol. The van der Waals surface area contributed by atoms with Gasteiger partial charge in [0.1, 0.15) is 13.4 Å². The minimum Gasteiger partial charge on any atom is -0.481 e. The molecule has 0 fully saturated rings. The second-order valence-corrected chi connectivity index (χ2v) is 3.83. The number of pyridine rings is 1. The highest BCUT2D eigenvalue weighted by Gasteiger charge is 2.27. The third-order valence-corrected chi connectivity index (χ3v) is 2.70. The van der Waals surface area contributed by atoms with Gasteiger partial charge in [-0.25, -0.2) is 9.59 Å². The van der Waals surface area contributed by atoms with E-state index >= 15 is 0 Å². The summed E-state index contributed by atoms with van der Waals surface area (Å²) in [6.45, 7) is 0. The lowest BCUT2D eigenvalue weighted by Crippen LogP contribution is -2.11. The van der Waals surface area contributed by atoms with Gasteiger partial charge in [-0.05, 0) is 12.1 Å². The van der Waals surface area contributed by atoms with Gasteiger partial charge in [-0.2, -0.15) is 9.61 Å². The molecule has 0 saturated heterocycles. The van der Waals surface area contributed by atoms with Gasteiger partial charge in [0.25, 0.3) is 0 Å². The van der Waals surface area contributed by atoms with E-state index in [0.29, 0.717) is 11.0 Å². The molecule has 2 aromatic heterocycles. The second kappa shape index (κ2) is 5.24. The zero-order chi connectivity index (χ0) is 14.9. The average Bonchev–Trinajstić information content (AvgIpc) is 2.83. The molecule has 0 aliphatic rings. The zero-order valence-electron chi connectivity index (χ0n) is 11.2. The molecule has 0 bridgehead atoms.